The van der Waals surface area contributed by atoms with Crippen molar-refractivity contribution >= 4 is 5.95 Å². The maximum absolute atomic E-state index is 5.95. The molecule has 3 rings (SSSR count). The first kappa shape index (κ1) is 14.1. The minimum atomic E-state index is -0.182. The third kappa shape index (κ3) is 2.78. The molecule has 1 saturated heterocycles. The van der Waals surface area contributed by atoms with Gasteiger partial charge in [0.2, 0.25) is 5.95 Å². The summed E-state index contributed by atoms with van der Waals surface area (Å²) >= 11 is 0. The van der Waals surface area contributed by atoms with Crippen LogP contribution in [0.5, 0.6) is 0 Å². The molecule has 21 heavy (non-hydrogen) atoms. The third-order valence-electron chi connectivity index (χ3n) is 4.38. The summed E-state index contributed by atoms with van der Waals surface area (Å²) in [5.41, 5.74) is 7.00. The fourth-order valence-corrected chi connectivity index (χ4v) is 2.76. The van der Waals surface area contributed by atoms with E-state index in [9.17, 15) is 0 Å². The molecular formula is C16H23N5. The Kier molecular flexibility index (Phi) is 3.68. The van der Waals surface area contributed by atoms with Crippen molar-refractivity contribution in [3.05, 3.63) is 41.7 Å². The lowest BCUT2D eigenvalue weighted by Gasteiger charge is -2.29. The lowest BCUT2D eigenvalue weighted by molar-refractivity contribution is 0.495. The van der Waals surface area contributed by atoms with Gasteiger partial charge >= 0.3 is 0 Å². The zero-order chi connectivity index (χ0) is 14.9. The standard InChI is InChI=1S/C16H23N5/c1-16(2,12-6-4-3-5-7-12)14-18-15(20-19-14)21-10-8-13(17)9-11-21/h3-7,13H,8-11,17H2,1-2H3,(H,18,19,20). The van der Waals surface area contributed by atoms with Crippen LogP contribution in [-0.2, 0) is 5.41 Å². The van der Waals surface area contributed by atoms with Gasteiger partial charge in [0.1, 0.15) is 5.82 Å². The zero-order valence-electron chi connectivity index (χ0n) is 12.7. The molecule has 0 amide bonds. The molecule has 1 aliphatic heterocycles. The Hall–Kier alpha value is -1.88. The molecule has 1 aromatic heterocycles. The molecule has 0 aliphatic carbocycles. The van der Waals surface area contributed by atoms with Crippen LogP contribution in [0.2, 0.25) is 0 Å². The summed E-state index contributed by atoms with van der Waals surface area (Å²) in [5, 5.41) is 7.52. The van der Waals surface area contributed by atoms with Crippen LogP contribution in [-0.4, -0.2) is 34.3 Å². The van der Waals surface area contributed by atoms with Crippen molar-refractivity contribution in [3.8, 4) is 0 Å². The van der Waals surface area contributed by atoms with Crippen molar-refractivity contribution in [2.45, 2.75) is 38.1 Å². The van der Waals surface area contributed by atoms with Gasteiger partial charge in [-0.05, 0) is 32.3 Å². The van der Waals surface area contributed by atoms with E-state index in [4.69, 9.17) is 10.7 Å². The molecule has 0 spiro atoms. The minimum absolute atomic E-state index is 0.182. The molecule has 2 aromatic rings. The molecule has 0 unspecified atom stereocenters. The SMILES string of the molecule is CC(C)(c1ccccc1)c1nc(N2CCC(N)CC2)n[nH]1. The maximum atomic E-state index is 5.95. The van der Waals surface area contributed by atoms with Crippen molar-refractivity contribution in [3.63, 3.8) is 0 Å². The summed E-state index contributed by atoms with van der Waals surface area (Å²) in [4.78, 5) is 6.94. The summed E-state index contributed by atoms with van der Waals surface area (Å²) in [6.07, 6.45) is 2.01. The van der Waals surface area contributed by atoms with Crippen LogP contribution in [0.25, 0.3) is 0 Å². The number of aromatic nitrogens is 3. The Morgan fingerprint density at radius 1 is 1.19 bits per heavy atom. The second-order valence-corrected chi connectivity index (χ2v) is 6.30. The molecule has 3 N–H and O–H groups in total. The Morgan fingerprint density at radius 3 is 2.52 bits per heavy atom. The topological polar surface area (TPSA) is 70.8 Å². The number of hydrogen-bond donors (Lipinski definition) is 2. The third-order valence-corrected chi connectivity index (χ3v) is 4.38. The molecule has 5 heteroatoms. The molecule has 2 heterocycles. The van der Waals surface area contributed by atoms with Gasteiger partial charge in [-0.1, -0.05) is 30.3 Å². The fraction of sp³-hybridized carbons (Fsp3) is 0.500. The van der Waals surface area contributed by atoms with Crippen molar-refractivity contribution in [1.29, 1.82) is 0 Å². The van der Waals surface area contributed by atoms with E-state index >= 15 is 0 Å². The van der Waals surface area contributed by atoms with Gasteiger partial charge in [0.05, 0.1) is 0 Å². The van der Waals surface area contributed by atoms with E-state index in [1.807, 2.05) is 6.07 Å². The van der Waals surface area contributed by atoms with Crippen molar-refractivity contribution in [2.75, 3.05) is 18.0 Å². The zero-order valence-corrected chi connectivity index (χ0v) is 12.7. The lowest BCUT2D eigenvalue weighted by Crippen LogP contribution is -2.40. The molecule has 0 radical (unpaired) electrons. The van der Waals surface area contributed by atoms with Gasteiger partial charge in [0.15, 0.2) is 0 Å². The van der Waals surface area contributed by atoms with Crippen molar-refractivity contribution < 1.29 is 0 Å². The second kappa shape index (κ2) is 5.48. The Balaban J connectivity index is 1.81. The number of piperidine rings is 1. The fourth-order valence-electron chi connectivity index (χ4n) is 2.76. The van der Waals surface area contributed by atoms with E-state index in [2.05, 4.69) is 53.2 Å². The van der Waals surface area contributed by atoms with Gasteiger partial charge in [0.25, 0.3) is 0 Å². The first-order valence-corrected chi connectivity index (χ1v) is 7.56. The van der Waals surface area contributed by atoms with Crippen molar-refractivity contribution in [1.82, 2.24) is 15.2 Å². The maximum Gasteiger partial charge on any atom is 0.244 e. The van der Waals surface area contributed by atoms with Crippen LogP contribution in [0.3, 0.4) is 0 Å². The molecule has 1 aliphatic rings. The number of benzene rings is 1. The quantitative estimate of drug-likeness (QED) is 0.905. The van der Waals surface area contributed by atoms with Crippen LogP contribution < -0.4 is 10.6 Å². The molecule has 1 fully saturated rings. The first-order chi connectivity index (χ1) is 10.1. The van der Waals surface area contributed by atoms with E-state index in [-0.39, 0.29) is 5.41 Å². The summed E-state index contributed by atoms with van der Waals surface area (Å²) in [5.74, 6) is 1.69. The average Bonchev–Trinajstić information content (AvgIpc) is 2.99. The monoisotopic (exact) mass is 285 g/mol. The molecule has 5 nitrogen and oxygen atoms in total. The van der Waals surface area contributed by atoms with E-state index in [1.54, 1.807) is 0 Å². The number of rotatable bonds is 3. The summed E-state index contributed by atoms with van der Waals surface area (Å²) in [6.45, 7) is 6.20. The summed E-state index contributed by atoms with van der Waals surface area (Å²) in [6, 6.07) is 10.7. The molecule has 0 bridgehead atoms. The molecule has 1 aromatic carbocycles. The second-order valence-electron chi connectivity index (χ2n) is 6.30. The largest absolute Gasteiger partial charge is 0.339 e. The Bertz CT molecular complexity index is 582. The van der Waals surface area contributed by atoms with E-state index in [1.165, 1.54) is 5.56 Å². The molecule has 0 atom stereocenters. The number of nitrogens with zero attached hydrogens (tertiary/aromatic N) is 3. The predicted octanol–water partition coefficient (Wildman–Crippen LogP) is 2.06. The number of nitrogens with one attached hydrogen (secondary N) is 1. The van der Waals surface area contributed by atoms with Gasteiger partial charge in [-0.25, -0.2) is 0 Å². The van der Waals surface area contributed by atoms with Crippen LogP contribution in [0.1, 0.15) is 38.1 Å². The highest BCUT2D eigenvalue weighted by Crippen LogP contribution is 2.29. The first-order valence-electron chi connectivity index (χ1n) is 7.56. The Morgan fingerprint density at radius 2 is 1.86 bits per heavy atom. The smallest absolute Gasteiger partial charge is 0.244 e. The average molecular weight is 285 g/mol. The molecule has 112 valence electrons. The number of anilines is 1. The number of H-pyrrole nitrogens is 1. The molecule has 0 saturated carbocycles. The Labute approximate surface area is 125 Å². The van der Waals surface area contributed by atoms with Gasteiger partial charge in [-0.15, -0.1) is 5.10 Å². The van der Waals surface area contributed by atoms with Crippen LogP contribution in [0.4, 0.5) is 5.95 Å². The van der Waals surface area contributed by atoms with Gasteiger partial charge < -0.3 is 10.6 Å². The lowest BCUT2D eigenvalue weighted by atomic mass is 9.84. The minimum Gasteiger partial charge on any atom is -0.339 e. The van der Waals surface area contributed by atoms with Crippen LogP contribution in [0.15, 0.2) is 30.3 Å². The summed E-state index contributed by atoms with van der Waals surface area (Å²) in [7, 11) is 0. The summed E-state index contributed by atoms with van der Waals surface area (Å²) < 4.78 is 0. The number of aromatic amines is 1. The van der Waals surface area contributed by atoms with E-state index in [0.717, 1.165) is 37.7 Å². The highest BCUT2D eigenvalue weighted by atomic mass is 15.4. The highest BCUT2D eigenvalue weighted by Gasteiger charge is 2.28. The van der Waals surface area contributed by atoms with Crippen molar-refractivity contribution in [2.24, 2.45) is 5.73 Å². The van der Waals surface area contributed by atoms with Gasteiger partial charge in [0, 0.05) is 24.5 Å². The number of hydrogen-bond acceptors (Lipinski definition) is 4. The van der Waals surface area contributed by atoms with E-state index in [0.29, 0.717) is 6.04 Å². The van der Waals surface area contributed by atoms with Gasteiger partial charge in [-0.2, -0.15) is 4.98 Å². The van der Waals surface area contributed by atoms with Crippen LogP contribution >= 0.6 is 0 Å². The van der Waals surface area contributed by atoms with Gasteiger partial charge in [-0.3, -0.25) is 5.10 Å². The molecular weight excluding hydrogens is 262 g/mol. The highest BCUT2D eigenvalue weighted by molar-refractivity contribution is 5.35. The normalized spacial score (nSPS) is 17.2. The van der Waals surface area contributed by atoms with Crippen LogP contribution in [0, 0.1) is 0 Å². The number of nitrogens with two attached hydrogens (primary N) is 1. The predicted molar refractivity (Wildman–Crippen MR) is 84.4 cm³/mol. The van der Waals surface area contributed by atoms with E-state index < -0.39 is 0 Å².